The summed E-state index contributed by atoms with van der Waals surface area (Å²) in [5.74, 6) is 0.907. The van der Waals surface area contributed by atoms with E-state index < -0.39 is 5.97 Å². The zero-order valence-corrected chi connectivity index (χ0v) is 21.0. The predicted octanol–water partition coefficient (Wildman–Crippen LogP) is 4.89. The summed E-state index contributed by atoms with van der Waals surface area (Å²) in [6.45, 7) is 8.47. The van der Waals surface area contributed by atoms with Gasteiger partial charge in [-0.3, -0.25) is 4.79 Å². The number of nitrogens with one attached hydrogen (secondary N) is 1. The van der Waals surface area contributed by atoms with Crippen molar-refractivity contribution in [3.63, 3.8) is 0 Å². The summed E-state index contributed by atoms with van der Waals surface area (Å²) in [5.41, 5.74) is 1.34. The van der Waals surface area contributed by atoms with E-state index in [-0.39, 0.29) is 17.8 Å². The Morgan fingerprint density at radius 3 is 2.58 bits per heavy atom. The Labute approximate surface area is 201 Å². The minimum Gasteiger partial charge on any atom is -0.483 e. The van der Waals surface area contributed by atoms with Crippen LogP contribution in [-0.4, -0.2) is 39.5 Å². The lowest BCUT2D eigenvalue weighted by molar-refractivity contribution is -0.113. The summed E-state index contributed by atoms with van der Waals surface area (Å²) >= 11 is 2.67. The number of ether oxygens (including phenoxy) is 2. The third-order valence-corrected chi connectivity index (χ3v) is 7.05. The van der Waals surface area contributed by atoms with Crippen LogP contribution in [0.3, 0.4) is 0 Å². The number of thioether (sulfide) groups is 1. The highest BCUT2D eigenvalue weighted by Crippen LogP contribution is 2.34. The van der Waals surface area contributed by atoms with E-state index in [2.05, 4.69) is 15.5 Å². The van der Waals surface area contributed by atoms with Gasteiger partial charge >= 0.3 is 5.97 Å². The molecule has 1 aromatic carbocycles. The van der Waals surface area contributed by atoms with Gasteiger partial charge in [0.1, 0.15) is 10.8 Å². The minimum absolute atomic E-state index is 0.130. The molecule has 0 aliphatic rings. The van der Waals surface area contributed by atoms with E-state index in [1.165, 1.54) is 30.2 Å². The molecule has 3 aromatic rings. The number of anilines is 1. The summed E-state index contributed by atoms with van der Waals surface area (Å²) in [7, 11) is 1.34. The zero-order valence-electron chi connectivity index (χ0n) is 19.4. The largest absolute Gasteiger partial charge is 0.483 e. The number of para-hydroxylation sites is 1. The average molecular weight is 489 g/mol. The summed E-state index contributed by atoms with van der Waals surface area (Å²) in [4.78, 5) is 25.9. The number of methoxy groups -OCH3 is 1. The van der Waals surface area contributed by atoms with Gasteiger partial charge in [0.05, 0.1) is 18.4 Å². The molecule has 1 unspecified atom stereocenters. The molecule has 176 valence electrons. The number of esters is 1. The van der Waals surface area contributed by atoms with E-state index >= 15 is 0 Å². The van der Waals surface area contributed by atoms with Crippen molar-refractivity contribution in [2.24, 2.45) is 0 Å². The molecule has 0 fully saturated rings. The minimum atomic E-state index is -0.443. The molecule has 1 amide bonds. The first-order chi connectivity index (χ1) is 15.9. The van der Waals surface area contributed by atoms with Crippen LogP contribution in [0.15, 0.2) is 35.5 Å². The fourth-order valence-corrected chi connectivity index (χ4v) is 5.42. The van der Waals surface area contributed by atoms with E-state index in [0.717, 1.165) is 16.2 Å². The second kappa shape index (κ2) is 11.3. The van der Waals surface area contributed by atoms with Crippen LogP contribution in [0.25, 0.3) is 0 Å². The van der Waals surface area contributed by atoms with Crippen LogP contribution in [0, 0.1) is 6.92 Å². The van der Waals surface area contributed by atoms with Gasteiger partial charge in [0.15, 0.2) is 17.1 Å². The van der Waals surface area contributed by atoms with E-state index in [1.807, 2.05) is 62.6 Å². The van der Waals surface area contributed by atoms with Crippen LogP contribution < -0.4 is 10.1 Å². The molecule has 0 bridgehead atoms. The number of carbonyl (C=O) groups excluding carboxylic acids is 2. The first kappa shape index (κ1) is 24.8. The molecule has 0 saturated carbocycles. The Morgan fingerprint density at radius 1 is 1.21 bits per heavy atom. The van der Waals surface area contributed by atoms with Gasteiger partial charge in [-0.15, -0.1) is 21.5 Å². The Hall–Kier alpha value is -2.85. The van der Waals surface area contributed by atoms with Crippen molar-refractivity contribution in [3.8, 4) is 5.75 Å². The van der Waals surface area contributed by atoms with Crippen LogP contribution in [0.5, 0.6) is 5.75 Å². The van der Waals surface area contributed by atoms with E-state index in [0.29, 0.717) is 34.5 Å². The van der Waals surface area contributed by atoms with Gasteiger partial charge in [0.25, 0.3) is 0 Å². The smallest absolute Gasteiger partial charge is 0.341 e. The van der Waals surface area contributed by atoms with Crippen molar-refractivity contribution in [2.75, 3.05) is 18.2 Å². The molecule has 2 heterocycles. The summed E-state index contributed by atoms with van der Waals surface area (Å²) in [5, 5.41) is 12.6. The number of nitrogens with zero attached hydrogens (tertiary/aromatic N) is 3. The Bertz CT molecular complexity index is 1110. The van der Waals surface area contributed by atoms with Crippen molar-refractivity contribution in [2.45, 2.75) is 51.9 Å². The molecule has 10 heteroatoms. The molecular formula is C23H28N4O4S2. The maximum atomic E-state index is 12.7. The second-order valence-electron chi connectivity index (χ2n) is 7.18. The number of aryl methyl sites for hydroxylation is 1. The molecule has 0 radical (unpaired) electrons. The highest BCUT2D eigenvalue weighted by atomic mass is 32.2. The summed E-state index contributed by atoms with van der Waals surface area (Å²) in [6, 6.07) is 9.54. The monoisotopic (exact) mass is 488 g/mol. The van der Waals surface area contributed by atoms with Crippen molar-refractivity contribution in [1.82, 2.24) is 14.8 Å². The van der Waals surface area contributed by atoms with E-state index in [1.54, 1.807) is 0 Å². The molecule has 0 aliphatic heterocycles. The number of hydrogen-bond acceptors (Lipinski definition) is 8. The van der Waals surface area contributed by atoms with Crippen molar-refractivity contribution in [1.29, 1.82) is 0 Å². The second-order valence-corrected chi connectivity index (χ2v) is 9.35. The lowest BCUT2D eigenvalue weighted by Crippen LogP contribution is -2.17. The van der Waals surface area contributed by atoms with Crippen molar-refractivity contribution < 1.29 is 19.1 Å². The Morgan fingerprint density at radius 2 is 1.94 bits per heavy atom. The highest BCUT2D eigenvalue weighted by Gasteiger charge is 2.24. The Balaban J connectivity index is 1.68. The van der Waals surface area contributed by atoms with Gasteiger partial charge in [0, 0.05) is 11.4 Å². The number of rotatable bonds is 10. The number of benzene rings is 1. The van der Waals surface area contributed by atoms with Gasteiger partial charge in [-0.25, -0.2) is 4.79 Å². The first-order valence-corrected chi connectivity index (χ1v) is 12.5. The Kier molecular flexibility index (Phi) is 8.51. The van der Waals surface area contributed by atoms with Crippen molar-refractivity contribution in [3.05, 3.63) is 52.2 Å². The third-order valence-electron chi connectivity index (χ3n) is 5.02. The topological polar surface area (TPSA) is 95.3 Å². The van der Waals surface area contributed by atoms with Gasteiger partial charge < -0.3 is 19.4 Å². The van der Waals surface area contributed by atoms with E-state index in [4.69, 9.17) is 9.47 Å². The molecule has 33 heavy (non-hydrogen) atoms. The molecule has 8 nitrogen and oxygen atoms in total. The van der Waals surface area contributed by atoms with Crippen LogP contribution in [0.2, 0.25) is 0 Å². The maximum Gasteiger partial charge on any atom is 0.341 e. The van der Waals surface area contributed by atoms with Crippen LogP contribution >= 0.6 is 23.1 Å². The first-order valence-electron chi connectivity index (χ1n) is 10.7. The maximum absolute atomic E-state index is 12.7. The average Bonchev–Trinajstić information content (AvgIpc) is 3.37. The third kappa shape index (κ3) is 5.75. The number of carbonyl (C=O) groups is 2. The molecule has 0 spiro atoms. The molecule has 1 N–H and O–H groups in total. The lowest BCUT2D eigenvalue weighted by atomic mass is 10.1. The number of aromatic nitrogens is 3. The van der Waals surface area contributed by atoms with Gasteiger partial charge in [-0.05, 0) is 44.9 Å². The van der Waals surface area contributed by atoms with Crippen LogP contribution in [0.4, 0.5) is 5.00 Å². The zero-order chi connectivity index (χ0) is 24.0. The highest BCUT2D eigenvalue weighted by molar-refractivity contribution is 7.99. The number of thiophene rings is 1. The number of hydrogen-bond donors (Lipinski definition) is 1. The van der Waals surface area contributed by atoms with Gasteiger partial charge in [0.2, 0.25) is 5.91 Å². The number of amides is 1. The lowest BCUT2D eigenvalue weighted by Gasteiger charge is -2.15. The molecular weight excluding hydrogens is 460 g/mol. The molecule has 2 aromatic heterocycles. The quantitative estimate of drug-likeness (QED) is 0.321. The van der Waals surface area contributed by atoms with Crippen molar-refractivity contribution >= 4 is 40.0 Å². The van der Waals surface area contributed by atoms with Crippen LogP contribution in [0.1, 0.15) is 53.5 Å². The fraction of sp³-hybridized carbons (Fsp3) is 0.391. The molecule has 0 saturated heterocycles. The van der Waals surface area contributed by atoms with Gasteiger partial charge in [-0.2, -0.15) is 0 Å². The van der Waals surface area contributed by atoms with Crippen LogP contribution in [-0.2, 0) is 22.5 Å². The fourth-order valence-electron chi connectivity index (χ4n) is 3.46. The standard InChI is InChI=1S/C23H28N4O4S2/c1-6-17-15(4)33-21(19(17)22(29)30-5)24-18(28)13-32-23-26-25-20(27(23)7-2)14(3)31-16-11-9-8-10-12-16/h8-12,14H,6-7,13H2,1-5H3,(H,24,28). The van der Waals surface area contributed by atoms with E-state index in [9.17, 15) is 9.59 Å². The molecule has 0 aliphatic carbocycles. The summed E-state index contributed by atoms with van der Waals surface area (Å²) < 4.78 is 12.8. The molecule has 1 atom stereocenters. The van der Waals surface area contributed by atoms with Gasteiger partial charge in [-0.1, -0.05) is 36.9 Å². The normalized spacial score (nSPS) is 11.8. The summed E-state index contributed by atoms with van der Waals surface area (Å²) in [6.07, 6.45) is 0.385. The SMILES string of the molecule is CCc1c(C)sc(NC(=O)CSc2nnc(C(C)Oc3ccccc3)n2CC)c1C(=O)OC. The predicted molar refractivity (Wildman–Crippen MR) is 130 cm³/mol. The molecule has 3 rings (SSSR count).